The van der Waals surface area contributed by atoms with Gasteiger partial charge in [0.05, 0.1) is 0 Å². The van der Waals surface area contributed by atoms with Crippen molar-refractivity contribution in [2.24, 2.45) is 0 Å². The highest BCUT2D eigenvalue weighted by molar-refractivity contribution is 5.44. The zero-order chi connectivity index (χ0) is 6.41. The van der Waals surface area contributed by atoms with Gasteiger partial charge in [-0.25, -0.2) is 5.06 Å². The maximum atomic E-state index is 9.69. The highest BCUT2D eigenvalue weighted by Crippen LogP contribution is 1.86. The summed E-state index contributed by atoms with van der Waals surface area (Å²) in [5, 5.41) is 9.11. The summed E-state index contributed by atoms with van der Waals surface area (Å²) >= 11 is 0. The van der Waals surface area contributed by atoms with E-state index in [1.165, 1.54) is 0 Å². The molecule has 0 unspecified atom stereocenters. The lowest BCUT2D eigenvalue weighted by molar-refractivity contribution is -0.149. The fourth-order valence-electron chi connectivity index (χ4n) is 0.373. The molecular formula is C5H11NO2. The molecule has 0 atom stereocenters. The molecule has 1 amide bonds. The molecule has 0 aromatic heterocycles. The quantitative estimate of drug-likeness (QED) is 0.333. The van der Waals surface area contributed by atoms with E-state index in [0.29, 0.717) is 18.0 Å². The first-order valence-electron chi connectivity index (χ1n) is 2.72. The van der Waals surface area contributed by atoms with Crippen molar-refractivity contribution in [1.29, 1.82) is 0 Å². The van der Waals surface area contributed by atoms with Crippen LogP contribution in [0.2, 0.25) is 0 Å². The van der Waals surface area contributed by atoms with E-state index in [4.69, 9.17) is 5.21 Å². The molecule has 0 radical (unpaired) electrons. The molecule has 0 saturated carbocycles. The van der Waals surface area contributed by atoms with Gasteiger partial charge in [0, 0.05) is 6.54 Å². The van der Waals surface area contributed by atoms with Gasteiger partial charge in [-0.05, 0) is 6.42 Å². The zero-order valence-electron chi connectivity index (χ0n) is 5.00. The smallest absolute Gasteiger partial charge is 0.233 e. The van der Waals surface area contributed by atoms with E-state index in [9.17, 15) is 4.79 Å². The van der Waals surface area contributed by atoms with E-state index in [0.717, 1.165) is 12.8 Å². The van der Waals surface area contributed by atoms with Gasteiger partial charge >= 0.3 is 0 Å². The number of carbonyl (C=O) groups is 1. The minimum atomic E-state index is 0.412. The van der Waals surface area contributed by atoms with Crippen LogP contribution in [0.25, 0.3) is 0 Å². The van der Waals surface area contributed by atoms with Crippen molar-refractivity contribution in [3.63, 3.8) is 0 Å². The Balaban J connectivity index is 2.98. The third kappa shape index (κ3) is 3.61. The first-order valence-corrected chi connectivity index (χ1v) is 2.72. The van der Waals surface area contributed by atoms with Crippen molar-refractivity contribution in [2.45, 2.75) is 19.8 Å². The van der Waals surface area contributed by atoms with Crippen LogP contribution in [0.15, 0.2) is 0 Å². The molecule has 8 heavy (non-hydrogen) atoms. The van der Waals surface area contributed by atoms with Crippen molar-refractivity contribution in [3.05, 3.63) is 0 Å². The van der Waals surface area contributed by atoms with Crippen LogP contribution in [0.3, 0.4) is 0 Å². The third-order valence-electron chi connectivity index (χ3n) is 0.862. The molecule has 0 spiro atoms. The second-order valence-electron chi connectivity index (χ2n) is 1.62. The second kappa shape index (κ2) is 4.59. The summed E-state index contributed by atoms with van der Waals surface area (Å²) < 4.78 is 0. The van der Waals surface area contributed by atoms with Gasteiger partial charge in [0.2, 0.25) is 6.41 Å². The Morgan fingerprint density at radius 3 is 2.75 bits per heavy atom. The summed E-state index contributed by atoms with van der Waals surface area (Å²) in [7, 11) is 0. The molecule has 48 valence electrons. The largest absolute Gasteiger partial charge is 0.286 e. The molecule has 0 aliphatic carbocycles. The van der Waals surface area contributed by atoms with Crippen molar-refractivity contribution in [1.82, 2.24) is 5.06 Å². The van der Waals surface area contributed by atoms with E-state index in [2.05, 4.69) is 0 Å². The summed E-state index contributed by atoms with van der Waals surface area (Å²) in [6.45, 7) is 2.44. The van der Waals surface area contributed by atoms with Crippen LogP contribution in [0, 0.1) is 0 Å². The standard InChI is InChI=1S/C5H11NO2/c1-2-3-4-6(8)5-7/h5,8H,2-4H2,1H3. The second-order valence-corrected chi connectivity index (χ2v) is 1.62. The van der Waals surface area contributed by atoms with Crippen LogP contribution >= 0.6 is 0 Å². The summed E-state index contributed by atoms with van der Waals surface area (Å²) in [6.07, 6.45) is 2.26. The Labute approximate surface area is 48.9 Å². The molecule has 0 heterocycles. The molecule has 0 aromatic carbocycles. The monoisotopic (exact) mass is 117 g/mol. The van der Waals surface area contributed by atoms with Gasteiger partial charge in [-0.3, -0.25) is 10.0 Å². The normalized spacial score (nSPS) is 8.75. The minimum absolute atomic E-state index is 0.412. The number of rotatable bonds is 4. The number of hydrogen-bond acceptors (Lipinski definition) is 2. The SMILES string of the molecule is CCCCN(O)C=O. The summed E-state index contributed by atoms with van der Waals surface area (Å²) in [5.41, 5.74) is 0. The number of nitrogens with zero attached hydrogens (tertiary/aromatic N) is 1. The molecular weight excluding hydrogens is 106 g/mol. The molecule has 1 N–H and O–H groups in total. The van der Waals surface area contributed by atoms with E-state index >= 15 is 0 Å². The number of amides is 1. The van der Waals surface area contributed by atoms with Crippen LogP contribution in [-0.2, 0) is 4.79 Å². The molecule has 0 aliphatic heterocycles. The lowest BCUT2D eigenvalue weighted by Crippen LogP contribution is -2.17. The van der Waals surface area contributed by atoms with Crippen molar-refractivity contribution in [3.8, 4) is 0 Å². The lowest BCUT2D eigenvalue weighted by atomic mass is 10.3. The number of carbonyl (C=O) groups excluding carboxylic acids is 1. The Hall–Kier alpha value is -0.570. The van der Waals surface area contributed by atoms with Gasteiger partial charge in [0.15, 0.2) is 0 Å². The van der Waals surface area contributed by atoms with Crippen molar-refractivity contribution < 1.29 is 10.0 Å². The number of unbranched alkanes of at least 4 members (excludes halogenated alkanes) is 1. The lowest BCUT2D eigenvalue weighted by Gasteiger charge is -2.04. The predicted octanol–water partition coefficient (Wildman–Crippen LogP) is 0.634. The maximum Gasteiger partial charge on any atom is 0.233 e. The molecule has 0 fully saturated rings. The maximum absolute atomic E-state index is 9.69. The number of hydroxylamine groups is 2. The van der Waals surface area contributed by atoms with Crippen LogP contribution in [-0.4, -0.2) is 23.2 Å². The molecule has 0 bridgehead atoms. The van der Waals surface area contributed by atoms with Crippen LogP contribution in [0.1, 0.15) is 19.8 Å². The van der Waals surface area contributed by atoms with E-state index in [-0.39, 0.29) is 0 Å². The first kappa shape index (κ1) is 7.43. The molecule has 0 saturated heterocycles. The topological polar surface area (TPSA) is 40.5 Å². The van der Waals surface area contributed by atoms with E-state index in [1.54, 1.807) is 0 Å². The Kier molecular flexibility index (Phi) is 4.26. The summed E-state index contributed by atoms with van der Waals surface area (Å²) in [5.74, 6) is 0. The Morgan fingerprint density at radius 1 is 1.75 bits per heavy atom. The van der Waals surface area contributed by atoms with E-state index in [1.807, 2.05) is 6.92 Å². The highest BCUT2D eigenvalue weighted by Gasteiger charge is 1.90. The Bertz CT molecular complexity index is 65.4. The van der Waals surface area contributed by atoms with Gasteiger partial charge in [-0.1, -0.05) is 13.3 Å². The minimum Gasteiger partial charge on any atom is -0.286 e. The predicted molar refractivity (Wildman–Crippen MR) is 29.5 cm³/mol. The van der Waals surface area contributed by atoms with Gasteiger partial charge in [-0.15, -0.1) is 0 Å². The molecule has 0 rings (SSSR count). The summed E-state index contributed by atoms with van der Waals surface area (Å²) in [4.78, 5) is 9.69. The van der Waals surface area contributed by atoms with Gasteiger partial charge < -0.3 is 0 Å². The first-order chi connectivity index (χ1) is 3.81. The van der Waals surface area contributed by atoms with Gasteiger partial charge in [-0.2, -0.15) is 0 Å². The fourth-order valence-corrected chi connectivity index (χ4v) is 0.373. The van der Waals surface area contributed by atoms with Gasteiger partial charge in [0.25, 0.3) is 0 Å². The molecule has 0 aliphatic rings. The third-order valence-corrected chi connectivity index (χ3v) is 0.862. The average Bonchev–Trinajstić information content (AvgIpc) is 1.83. The molecule has 0 aromatic rings. The van der Waals surface area contributed by atoms with Gasteiger partial charge in [0.1, 0.15) is 0 Å². The fraction of sp³-hybridized carbons (Fsp3) is 0.800. The summed E-state index contributed by atoms with van der Waals surface area (Å²) in [6, 6.07) is 0. The van der Waals surface area contributed by atoms with Crippen molar-refractivity contribution in [2.75, 3.05) is 6.54 Å². The number of hydrogen-bond donors (Lipinski definition) is 1. The molecule has 3 nitrogen and oxygen atoms in total. The van der Waals surface area contributed by atoms with Crippen LogP contribution < -0.4 is 0 Å². The van der Waals surface area contributed by atoms with Crippen LogP contribution in [0.4, 0.5) is 0 Å². The zero-order valence-corrected chi connectivity index (χ0v) is 5.00. The van der Waals surface area contributed by atoms with E-state index < -0.39 is 0 Å². The highest BCUT2D eigenvalue weighted by atomic mass is 16.5. The van der Waals surface area contributed by atoms with Crippen molar-refractivity contribution >= 4 is 6.41 Å². The average molecular weight is 117 g/mol. The Morgan fingerprint density at radius 2 is 2.38 bits per heavy atom. The molecule has 3 heteroatoms. The van der Waals surface area contributed by atoms with Crippen LogP contribution in [0.5, 0.6) is 0 Å².